The summed E-state index contributed by atoms with van der Waals surface area (Å²) < 4.78 is 6.49. The molecule has 2 aliphatic carbocycles. The first kappa shape index (κ1) is 11.1. The molecule has 0 aromatic heterocycles. The van der Waals surface area contributed by atoms with Crippen LogP contribution in [0.15, 0.2) is 0 Å². The van der Waals surface area contributed by atoms with E-state index in [1.54, 1.807) is 0 Å². The van der Waals surface area contributed by atoms with Crippen LogP contribution in [0.3, 0.4) is 0 Å². The maximum atomic E-state index is 6.49. The van der Waals surface area contributed by atoms with Gasteiger partial charge in [-0.25, -0.2) is 0 Å². The highest BCUT2D eigenvalue weighted by Gasteiger charge is 2.63. The van der Waals surface area contributed by atoms with Crippen LogP contribution in [0.25, 0.3) is 0 Å². The molecule has 1 heteroatoms. The predicted octanol–water partition coefficient (Wildman–Crippen LogP) is 4.02. The topological polar surface area (TPSA) is 9.23 Å². The Hall–Kier alpha value is -0.0400. The summed E-state index contributed by atoms with van der Waals surface area (Å²) in [5, 5.41) is 0. The summed E-state index contributed by atoms with van der Waals surface area (Å²) in [7, 11) is 0. The van der Waals surface area contributed by atoms with Crippen molar-refractivity contribution in [3.05, 3.63) is 0 Å². The van der Waals surface area contributed by atoms with E-state index in [0.29, 0.717) is 17.4 Å². The summed E-state index contributed by atoms with van der Waals surface area (Å²) in [4.78, 5) is 0. The van der Waals surface area contributed by atoms with Gasteiger partial charge in [0.1, 0.15) is 0 Å². The lowest BCUT2D eigenvalue weighted by Crippen LogP contribution is -2.40. The average molecular weight is 222 g/mol. The lowest BCUT2D eigenvalue weighted by molar-refractivity contribution is -0.0575. The molecule has 0 aromatic carbocycles. The summed E-state index contributed by atoms with van der Waals surface area (Å²) in [5.41, 5.74) is 0.774. The van der Waals surface area contributed by atoms with Crippen molar-refractivity contribution < 1.29 is 4.74 Å². The average Bonchev–Trinajstić information content (AvgIpc) is 2.64. The molecule has 2 saturated carbocycles. The summed E-state index contributed by atoms with van der Waals surface area (Å²) in [6.45, 7) is 9.53. The third-order valence-corrected chi connectivity index (χ3v) is 5.76. The monoisotopic (exact) mass is 222 g/mol. The van der Waals surface area contributed by atoms with Gasteiger partial charge >= 0.3 is 0 Å². The van der Waals surface area contributed by atoms with Crippen molar-refractivity contribution in [1.29, 1.82) is 0 Å². The van der Waals surface area contributed by atoms with Crippen LogP contribution < -0.4 is 0 Å². The molecule has 5 atom stereocenters. The molecule has 1 spiro atoms. The zero-order valence-electron chi connectivity index (χ0n) is 11.3. The van der Waals surface area contributed by atoms with Gasteiger partial charge in [-0.1, -0.05) is 20.8 Å². The van der Waals surface area contributed by atoms with E-state index in [1.807, 2.05) is 0 Å². The molecule has 1 saturated heterocycles. The van der Waals surface area contributed by atoms with Crippen molar-refractivity contribution >= 4 is 0 Å². The van der Waals surface area contributed by atoms with Gasteiger partial charge in [-0.05, 0) is 56.8 Å². The first-order valence-corrected chi connectivity index (χ1v) is 7.15. The molecule has 0 radical (unpaired) electrons. The van der Waals surface area contributed by atoms with Gasteiger partial charge in [0.15, 0.2) is 0 Å². The number of ether oxygens (including phenoxy) is 1. The Morgan fingerprint density at radius 2 is 1.94 bits per heavy atom. The van der Waals surface area contributed by atoms with Crippen LogP contribution in [0.5, 0.6) is 0 Å². The smallest absolute Gasteiger partial charge is 0.0665 e. The predicted molar refractivity (Wildman–Crippen MR) is 66.3 cm³/mol. The van der Waals surface area contributed by atoms with E-state index in [-0.39, 0.29) is 5.60 Å². The second kappa shape index (κ2) is 3.25. The van der Waals surface area contributed by atoms with Gasteiger partial charge in [-0.2, -0.15) is 0 Å². The van der Waals surface area contributed by atoms with E-state index in [4.69, 9.17) is 4.74 Å². The molecule has 3 aliphatic rings. The fourth-order valence-corrected chi connectivity index (χ4v) is 5.26. The van der Waals surface area contributed by atoms with Crippen LogP contribution in [0.4, 0.5) is 0 Å². The standard InChI is InChI=1S/C15H26O/c1-10(2)13-15-8-5-11(3)12(15)6-7-14(4,9-15)16-13/h10-13H,5-9H2,1-4H3/t11-,12+,13-,14+,15+/m0/s1. The minimum absolute atomic E-state index is 0.218. The molecule has 1 nitrogen and oxygen atoms in total. The second-order valence-electron chi connectivity index (χ2n) is 7.30. The second-order valence-corrected chi connectivity index (χ2v) is 7.30. The molecule has 0 aromatic rings. The summed E-state index contributed by atoms with van der Waals surface area (Å²) >= 11 is 0. The molecule has 16 heavy (non-hydrogen) atoms. The number of hydrogen-bond acceptors (Lipinski definition) is 1. The molecule has 92 valence electrons. The lowest BCUT2D eigenvalue weighted by Gasteiger charge is -2.41. The largest absolute Gasteiger partial charge is 0.371 e. The van der Waals surface area contributed by atoms with Crippen molar-refractivity contribution in [3.8, 4) is 0 Å². The molecule has 0 unspecified atom stereocenters. The quantitative estimate of drug-likeness (QED) is 0.651. The number of hydrogen-bond donors (Lipinski definition) is 0. The van der Waals surface area contributed by atoms with Crippen LogP contribution in [-0.2, 0) is 4.74 Å². The Bertz CT molecular complexity index is 298. The highest BCUT2D eigenvalue weighted by molar-refractivity contribution is 5.12. The van der Waals surface area contributed by atoms with E-state index in [9.17, 15) is 0 Å². The van der Waals surface area contributed by atoms with E-state index >= 15 is 0 Å². The van der Waals surface area contributed by atoms with Crippen molar-refractivity contribution in [2.24, 2.45) is 23.2 Å². The Balaban J connectivity index is 1.99. The van der Waals surface area contributed by atoms with Crippen LogP contribution in [0, 0.1) is 23.2 Å². The fourth-order valence-electron chi connectivity index (χ4n) is 5.26. The molecule has 1 heterocycles. The van der Waals surface area contributed by atoms with Gasteiger partial charge in [-0.3, -0.25) is 0 Å². The van der Waals surface area contributed by atoms with Gasteiger partial charge in [0, 0.05) is 5.41 Å². The maximum Gasteiger partial charge on any atom is 0.0665 e. The molecule has 0 amide bonds. The lowest BCUT2D eigenvalue weighted by atomic mass is 9.60. The van der Waals surface area contributed by atoms with Gasteiger partial charge in [-0.15, -0.1) is 0 Å². The van der Waals surface area contributed by atoms with Crippen LogP contribution in [-0.4, -0.2) is 11.7 Å². The fraction of sp³-hybridized carbons (Fsp3) is 1.00. The summed E-state index contributed by atoms with van der Waals surface area (Å²) in [6, 6.07) is 0. The van der Waals surface area contributed by atoms with Crippen LogP contribution in [0.2, 0.25) is 0 Å². The highest BCUT2D eigenvalue weighted by Crippen LogP contribution is 2.65. The molecule has 3 rings (SSSR count). The number of fused-ring (bicyclic) bond motifs is 1. The van der Waals surface area contributed by atoms with Gasteiger partial charge in [0.2, 0.25) is 0 Å². The van der Waals surface area contributed by atoms with Gasteiger partial charge in [0.25, 0.3) is 0 Å². The normalized spacial score (nSPS) is 55.7. The van der Waals surface area contributed by atoms with Crippen LogP contribution >= 0.6 is 0 Å². The maximum absolute atomic E-state index is 6.49. The molecule has 0 N–H and O–H groups in total. The minimum atomic E-state index is 0.218. The Morgan fingerprint density at radius 3 is 2.62 bits per heavy atom. The molecule has 2 bridgehead atoms. The third-order valence-electron chi connectivity index (χ3n) is 5.76. The Kier molecular flexibility index (Phi) is 2.25. The van der Waals surface area contributed by atoms with E-state index < -0.39 is 0 Å². The van der Waals surface area contributed by atoms with Crippen LogP contribution in [0.1, 0.15) is 59.8 Å². The van der Waals surface area contributed by atoms with Crippen molar-refractivity contribution in [3.63, 3.8) is 0 Å². The molecule has 3 fully saturated rings. The van der Waals surface area contributed by atoms with E-state index in [1.165, 1.54) is 32.1 Å². The zero-order chi connectivity index (χ0) is 11.6. The minimum Gasteiger partial charge on any atom is -0.371 e. The Labute approximate surface area is 99.9 Å². The molecular formula is C15H26O. The zero-order valence-corrected chi connectivity index (χ0v) is 11.3. The molecule has 1 aliphatic heterocycles. The Morgan fingerprint density at radius 1 is 1.19 bits per heavy atom. The first-order chi connectivity index (χ1) is 7.47. The third kappa shape index (κ3) is 1.27. The highest BCUT2D eigenvalue weighted by atomic mass is 16.5. The SMILES string of the molecule is CC(C)[C@@H]1O[C@]2(C)CC[C@@H]3[C@@H](C)CC[C@@]31C2. The van der Waals surface area contributed by atoms with Gasteiger partial charge < -0.3 is 4.74 Å². The van der Waals surface area contributed by atoms with Gasteiger partial charge in [0.05, 0.1) is 11.7 Å². The van der Waals surface area contributed by atoms with Crippen molar-refractivity contribution in [2.45, 2.75) is 71.5 Å². The van der Waals surface area contributed by atoms with Crippen molar-refractivity contribution in [2.75, 3.05) is 0 Å². The molecular weight excluding hydrogens is 196 g/mol. The first-order valence-electron chi connectivity index (χ1n) is 7.15. The summed E-state index contributed by atoms with van der Waals surface area (Å²) in [6.07, 6.45) is 7.46. The van der Waals surface area contributed by atoms with E-state index in [2.05, 4.69) is 27.7 Å². The number of rotatable bonds is 1. The van der Waals surface area contributed by atoms with Crippen molar-refractivity contribution in [1.82, 2.24) is 0 Å². The summed E-state index contributed by atoms with van der Waals surface area (Å²) in [5.74, 6) is 2.58. The van der Waals surface area contributed by atoms with E-state index in [0.717, 1.165) is 11.8 Å².